The average Bonchev–Trinajstić information content (AvgIpc) is 3.36. The Kier molecular flexibility index (Phi) is 7.65. The van der Waals surface area contributed by atoms with Gasteiger partial charge in [-0.1, -0.05) is 11.2 Å². The van der Waals surface area contributed by atoms with Crippen molar-refractivity contribution in [1.29, 1.82) is 0 Å². The zero-order valence-corrected chi connectivity index (χ0v) is 19.7. The highest BCUT2D eigenvalue weighted by molar-refractivity contribution is 5.79. The largest absolute Gasteiger partial charge is 0.497 e. The predicted molar refractivity (Wildman–Crippen MR) is 123 cm³/mol. The average molecular weight is 521 g/mol. The van der Waals surface area contributed by atoms with Crippen LogP contribution in [0.2, 0.25) is 0 Å². The van der Waals surface area contributed by atoms with Gasteiger partial charge < -0.3 is 23.8 Å². The molecule has 12 heteroatoms. The number of aryl methyl sites for hydroxylation is 1. The van der Waals surface area contributed by atoms with Crippen LogP contribution in [0, 0.1) is 5.82 Å². The van der Waals surface area contributed by atoms with Gasteiger partial charge in [0.15, 0.2) is 12.0 Å². The number of benzene rings is 2. The van der Waals surface area contributed by atoms with Crippen LogP contribution in [-0.2, 0) is 20.7 Å². The number of rotatable bonds is 7. The van der Waals surface area contributed by atoms with Crippen molar-refractivity contribution in [3.05, 3.63) is 66.1 Å². The molecule has 0 radical (unpaired) electrons. The van der Waals surface area contributed by atoms with Crippen LogP contribution in [0.1, 0.15) is 12.0 Å². The van der Waals surface area contributed by atoms with E-state index in [1.165, 1.54) is 37.6 Å². The van der Waals surface area contributed by atoms with Crippen molar-refractivity contribution in [2.45, 2.75) is 25.2 Å². The molecule has 3 aromatic rings. The fourth-order valence-corrected chi connectivity index (χ4v) is 4.03. The van der Waals surface area contributed by atoms with E-state index < -0.39 is 30.1 Å². The first-order chi connectivity index (χ1) is 17.7. The topological polar surface area (TPSA) is 85.1 Å². The smallest absolute Gasteiger partial charge is 0.491 e. The van der Waals surface area contributed by atoms with E-state index in [0.29, 0.717) is 34.9 Å². The lowest BCUT2D eigenvalue weighted by Crippen LogP contribution is -2.57. The molecule has 4 rings (SSSR count). The maximum absolute atomic E-state index is 13.3. The first-order valence-corrected chi connectivity index (χ1v) is 11.3. The fraction of sp³-hybridized carbons (Fsp3) is 0.320. The third kappa shape index (κ3) is 6.19. The van der Waals surface area contributed by atoms with E-state index in [0.717, 1.165) is 4.90 Å². The summed E-state index contributed by atoms with van der Waals surface area (Å²) in [6.45, 7) is 0.169. The maximum atomic E-state index is 13.3. The van der Waals surface area contributed by atoms with Gasteiger partial charge in [-0.15, -0.1) is 0 Å². The Morgan fingerprint density at radius 2 is 1.89 bits per heavy atom. The molecule has 0 saturated carbocycles. The van der Waals surface area contributed by atoms with Crippen molar-refractivity contribution in [3.8, 4) is 17.1 Å². The number of carbonyl (C=O) groups excluding carboxylic acids is 2. The van der Waals surface area contributed by atoms with Crippen LogP contribution < -0.4 is 9.64 Å². The molecule has 0 aliphatic carbocycles. The normalized spacial score (nSPS) is 16.0. The highest BCUT2D eigenvalue weighted by atomic mass is 19.4. The van der Waals surface area contributed by atoms with Gasteiger partial charge in [0.25, 0.3) is 0 Å². The summed E-state index contributed by atoms with van der Waals surface area (Å²) in [4.78, 5) is 27.6. The highest BCUT2D eigenvalue weighted by Crippen LogP contribution is 2.28. The van der Waals surface area contributed by atoms with Gasteiger partial charge in [-0.2, -0.15) is 13.2 Å². The molecule has 8 nitrogen and oxygen atoms in total. The Hall–Kier alpha value is -4.09. The standard InChI is InChI=1S/C25H23F4N3O5/c1-35-20-4-2-3-19(13-20)31-11-12-32(22(15-31)36-24(34)25(27,28)29)21(33)10-7-17-14-30-37-23(17)16-5-8-18(26)9-6-16/h2-6,8-9,13-14,22H,7,10-12,15H2,1H3. The van der Waals surface area contributed by atoms with Gasteiger partial charge in [-0.05, 0) is 42.8 Å². The number of ether oxygens (including phenoxy) is 2. The van der Waals surface area contributed by atoms with E-state index in [-0.39, 0.29) is 25.9 Å². The molecule has 1 aromatic heterocycles. The van der Waals surface area contributed by atoms with Gasteiger partial charge in [0.2, 0.25) is 5.91 Å². The van der Waals surface area contributed by atoms with E-state index in [4.69, 9.17) is 14.0 Å². The minimum Gasteiger partial charge on any atom is -0.497 e. The zero-order valence-electron chi connectivity index (χ0n) is 19.7. The van der Waals surface area contributed by atoms with Crippen molar-refractivity contribution in [2.24, 2.45) is 0 Å². The Morgan fingerprint density at radius 3 is 2.59 bits per heavy atom. The summed E-state index contributed by atoms with van der Waals surface area (Å²) in [5, 5.41) is 3.75. The van der Waals surface area contributed by atoms with Gasteiger partial charge in [0, 0.05) is 42.4 Å². The first-order valence-electron chi connectivity index (χ1n) is 11.3. The van der Waals surface area contributed by atoms with Crippen LogP contribution >= 0.6 is 0 Å². The SMILES string of the molecule is COc1cccc(N2CCN(C(=O)CCc3cnoc3-c3ccc(F)cc3)C(OC(=O)C(F)(F)F)C2)c1. The molecule has 0 N–H and O–H groups in total. The first kappa shape index (κ1) is 26.0. The Bertz CT molecular complexity index is 1250. The summed E-state index contributed by atoms with van der Waals surface area (Å²) >= 11 is 0. The molecule has 2 heterocycles. The Balaban J connectivity index is 1.48. The summed E-state index contributed by atoms with van der Waals surface area (Å²) < 4.78 is 67.3. The third-order valence-electron chi connectivity index (χ3n) is 5.91. The number of anilines is 1. The van der Waals surface area contributed by atoms with Crippen LogP contribution in [0.4, 0.5) is 23.2 Å². The molecule has 37 heavy (non-hydrogen) atoms. The number of halogens is 4. The molecule has 0 spiro atoms. The summed E-state index contributed by atoms with van der Waals surface area (Å²) in [6, 6.07) is 12.4. The number of amides is 1. The predicted octanol–water partition coefficient (Wildman–Crippen LogP) is 4.20. The summed E-state index contributed by atoms with van der Waals surface area (Å²) in [5.41, 5.74) is 1.77. The second-order valence-corrected chi connectivity index (χ2v) is 8.28. The number of nitrogens with zero attached hydrogens (tertiary/aromatic N) is 3. The molecule has 0 bridgehead atoms. The summed E-state index contributed by atoms with van der Waals surface area (Å²) in [6.07, 6.45) is -5.19. The molecule has 1 fully saturated rings. The molecular formula is C25H23F4N3O5. The maximum Gasteiger partial charge on any atom is 0.491 e. The van der Waals surface area contributed by atoms with Gasteiger partial charge in [-0.25, -0.2) is 9.18 Å². The van der Waals surface area contributed by atoms with Crippen molar-refractivity contribution in [3.63, 3.8) is 0 Å². The number of aromatic nitrogens is 1. The second kappa shape index (κ2) is 10.9. The number of methoxy groups -OCH3 is 1. The summed E-state index contributed by atoms with van der Waals surface area (Å²) in [7, 11) is 1.49. The molecule has 1 unspecified atom stereocenters. The highest BCUT2D eigenvalue weighted by Gasteiger charge is 2.44. The lowest BCUT2D eigenvalue weighted by atomic mass is 10.0. The minimum atomic E-state index is -5.21. The minimum absolute atomic E-state index is 0.0281. The van der Waals surface area contributed by atoms with Crippen molar-refractivity contribution >= 4 is 17.6 Å². The van der Waals surface area contributed by atoms with Crippen molar-refractivity contribution in [1.82, 2.24) is 10.1 Å². The lowest BCUT2D eigenvalue weighted by Gasteiger charge is -2.41. The third-order valence-corrected chi connectivity index (χ3v) is 5.91. The van der Waals surface area contributed by atoms with E-state index in [9.17, 15) is 27.2 Å². The molecular weight excluding hydrogens is 498 g/mol. The van der Waals surface area contributed by atoms with Crippen LogP contribution in [-0.4, -0.2) is 61.1 Å². The van der Waals surface area contributed by atoms with E-state index in [1.807, 2.05) is 0 Å². The monoisotopic (exact) mass is 521 g/mol. The molecule has 1 saturated heterocycles. The lowest BCUT2D eigenvalue weighted by molar-refractivity contribution is -0.213. The Labute approximate surface area is 209 Å². The van der Waals surface area contributed by atoms with E-state index >= 15 is 0 Å². The molecule has 1 aliphatic heterocycles. The van der Waals surface area contributed by atoms with Gasteiger partial charge in [0.1, 0.15) is 11.6 Å². The second-order valence-electron chi connectivity index (χ2n) is 8.28. The quantitative estimate of drug-likeness (QED) is 0.340. The van der Waals surface area contributed by atoms with Gasteiger partial charge in [-0.3, -0.25) is 4.79 Å². The molecule has 1 aliphatic rings. The van der Waals surface area contributed by atoms with Gasteiger partial charge in [0.05, 0.1) is 19.9 Å². The van der Waals surface area contributed by atoms with Gasteiger partial charge >= 0.3 is 12.1 Å². The number of hydrogen-bond acceptors (Lipinski definition) is 7. The fourth-order valence-electron chi connectivity index (χ4n) is 4.03. The van der Waals surface area contributed by atoms with Crippen LogP contribution in [0.25, 0.3) is 11.3 Å². The van der Waals surface area contributed by atoms with Crippen LogP contribution in [0.3, 0.4) is 0 Å². The molecule has 1 atom stereocenters. The number of piperazine rings is 1. The number of alkyl halides is 3. The number of esters is 1. The Morgan fingerprint density at radius 1 is 1.14 bits per heavy atom. The summed E-state index contributed by atoms with van der Waals surface area (Å²) in [5.74, 6) is -2.40. The zero-order chi connectivity index (χ0) is 26.6. The van der Waals surface area contributed by atoms with Crippen molar-refractivity contribution in [2.75, 3.05) is 31.6 Å². The van der Waals surface area contributed by atoms with Crippen LogP contribution in [0.15, 0.2) is 59.3 Å². The number of carbonyl (C=O) groups is 2. The number of hydrogen-bond donors (Lipinski definition) is 0. The van der Waals surface area contributed by atoms with E-state index in [1.54, 1.807) is 29.2 Å². The van der Waals surface area contributed by atoms with Crippen LogP contribution in [0.5, 0.6) is 5.75 Å². The molecule has 1 amide bonds. The molecule has 2 aromatic carbocycles. The van der Waals surface area contributed by atoms with Crippen molar-refractivity contribution < 1.29 is 41.1 Å². The van der Waals surface area contributed by atoms with E-state index in [2.05, 4.69) is 5.16 Å². The molecule has 196 valence electrons.